The maximum Gasteiger partial charge on any atom is 0.253 e. The van der Waals surface area contributed by atoms with Crippen LogP contribution in [-0.4, -0.2) is 23.3 Å². The van der Waals surface area contributed by atoms with Crippen LogP contribution in [0.4, 0.5) is 14.5 Å². The summed E-state index contributed by atoms with van der Waals surface area (Å²) < 4.78 is 32.4. The lowest BCUT2D eigenvalue weighted by Crippen LogP contribution is -2.25. The lowest BCUT2D eigenvalue weighted by Gasteiger charge is -2.10. The maximum absolute atomic E-state index is 13.9. The first-order chi connectivity index (χ1) is 14.5. The minimum absolute atomic E-state index is 0.0362. The average Bonchev–Trinajstić information content (AvgIpc) is 3.19. The first-order valence-corrected chi connectivity index (χ1v) is 9.16. The summed E-state index contributed by atoms with van der Waals surface area (Å²) in [6, 6.07) is 9.77. The second kappa shape index (κ2) is 9.60. The fourth-order valence-electron chi connectivity index (χ4n) is 2.72. The van der Waals surface area contributed by atoms with E-state index in [1.807, 2.05) is 0 Å². The molecule has 6 nitrogen and oxygen atoms in total. The van der Waals surface area contributed by atoms with E-state index in [1.54, 1.807) is 30.3 Å². The molecule has 3 aromatic rings. The summed E-state index contributed by atoms with van der Waals surface area (Å²) in [5.74, 6) is -1.74. The molecular weight excluding hydrogens is 392 g/mol. The van der Waals surface area contributed by atoms with Gasteiger partial charge in [-0.05, 0) is 24.3 Å². The Morgan fingerprint density at radius 3 is 2.73 bits per heavy atom. The van der Waals surface area contributed by atoms with Gasteiger partial charge in [0.1, 0.15) is 11.6 Å². The Bertz CT molecular complexity index is 1080. The summed E-state index contributed by atoms with van der Waals surface area (Å²) in [4.78, 5) is 28.5. The SMILES string of the molecule is C=CCNC(=O)c1ccccc1NC(=O)CCc1ncc(-c2ccc(F)cc2F)o1. The van der Waals surface area contributed by atoms with Crippen LogP contribution in [0.5, 0.6) is 0 Å². The van der Waals surface area contributed by atoms with Gasteiger partial charge in [0, 0.05) is 25.5 Å². The molecule has 0 aliphatic rings. The Labute approximate surface area is 171 Å². The minimum Gasteiger partial charge on any atom is -0.441 e. The highest BCUT2D eigenvalue weighted by atomic mass is 19.1. The van der Waals surface area contributed by atoms with Gasteiger partial charge in [-0.15, -0.1) is 6.58 Å². The fourth-order valence-corrected chi connectivity index (χ4v) is 2.72. The molecule has 30 heavy (non-hydrogen) atoms. The fraction of sp³-hybridized carbons (Fsp3) is 0.136. The van der Waals surface area contributed by atoms with Crippen LogP contribution in [0.2, 0.25) is 0 Å². The molecule has 1 aromatic heterocycles. The van der Waals surface area contributed by atoms with Crippen molar-refractivity contribution in [3.63, 3.8) is 0 Å². The highest BCUT2D eigenvalue weighted by molar-refractivity contribution is 6.03. The second-order valence-electron chi connectivity index (χ2n) is 6.33. The smallest absolute Gasteiger partial charge is 0.253 e. The van der Waals surface area contributed by atoms with Crippen LogP contribution in [0.25, 0.3) is 11.3 Å². The molecule has 0 atom stereocenters. The normalized spacial score (nSPS) is 10.5. The van der Waals surface area contributed by atoms with Gasteiger partial charge in [-0.3, -0.25) is 9.59 Å². The molecule has 0 bridgehead atoms. The number of hydrogen-bond donors (Lipinski definition) is 2. The monoisotopic (exact) mass is 411 g/mol. The number of aromatic nitrogens is 1. The number of oxazole rings is 1. The molecule has 1 heterocycles. The maximum atomic E-state index is 13.9. The van der Waals surface area contributed by atoms with Gasteiger partial charge >= 0.3 is 0 Å². The molecule has 0 unspecified atom stereocenters. The molecule has 2 amide bonds. The molecule has 0 spiro atoms. The molecule has 0 saturated carbocycles. The Kier molecular flexibility index (Phi) is 6.69. The van der Waals surface area contributed by atoms with Crippen LogP contribution in [0, 0.1) is 11.6 Å². The summed E-state index contributed by atoms with van der Waals surface area (Å²) in [6.45, 7) is 3.85. The number of carbonyl (C=O) groups excluding carboxylic acids is 2. The predicted molar refractivity (Wildman–Crippen MR) is 108 cm³/mol. The van der Waals surface area contributed by atoms with Crippen molar-refractivity contribution in [3.05, 3.63) is 84.4 Å². The molecular formula is C22H19F2N3O3. The number of aryl methyl sites for hydroxylation is 1. The number of benzene rings is 2. The molecule has 0 radical (unpaired) electrons. The predicted octanol–water partition coefficient (Wildman–Crippen LogP) is 4.11. The van der Waals surface area contributed by atoms with Gasteiger partial charge < -0.3 is 15.1 Å². The van der Waals surface area contributed by atoms with Gasteiger partial charge in [0.2, 0.25) is 5.91 Å². The number of halogens is 2. The first kappa shape index (κ1) is 20.9. The van der Waals surface area contributed by atoms with Crippen molar-refractivity contribution < 1.29 is 22.8 Å². The number of nitrogens with zero attached hydrogens (tertiary/aromatic N) is 1. The van der Waals surface area contributed by atoms with E-state index in [9.17, 15) is 18.4 Å². The number of rotatable bonds is 8. The van der Waals surface area contributed by atoms with Crippen molar-refractivity contribution in [2.24, 2.45) is 0 Å². The number of nitrogens with one attached hydrogen (secondary N) is 2. The number of para-hydroxylation sites is 1. The minimum atomic E-state index is -0.762. The van der Waals surface area contributed by atoms with Crippen LogP contribution in [0.15, 0.2) is 65.7 Å². The van der Waals surface area contributed by atoms with E-state index in [0.717, 1.165) is 12.1 Å². The Morgan fingerprint density at radius 2 is 1.97 bits per heavy atom. The molecule has 0 fully saturated rings. The zero-order chi connectivity index (χ0) is 21.5. The molecule has 2 aromatic carbocycles. The standard InChI is InChI=1S/C22H19F2N3O3/c1-2-11-25-22(29)16-5-3-4-6-18(16)27-20(28)9-10-21-26-13-19(30-21)15-8-7-14(23)12-17(15)24/h2-8,12-13H,1,9-11H2,(H,25,29)(H,27,28). The van der Waals surface area contributed by atoms with E-state index >= 15 is 0 Å². The number of anilines is 1. The molecule has 0 saturated heterocycles. The van der Waals surface area contributed by atoms with E-state index in [4.69, 9.17) is 4.42 Å². The van der Waals surface area contributed by atoms with E-state index in [2.05, 4.69) is 22.2 Å². The van der Waals surface area contributed by atoms with Crippen LogP contribution in [0.3, 0.4) is 0 Å². The molecule has 154 valence electrons. The van der Waals surface area contributed by atoms with Crippen LogP contribution in [0.1, 0.15) is 22.7 Å². The van der Waals surface area contributed by atoms with Gasteiger partial charge in [-0.1, -0.05) is 18.2 Å². The number of hydrogen-bond acceptors (Lipinski definition) is 4. The third-order valence-electron chi connectivity index (χ3n) is 4.17. The van der Waals surface area contributed by atoms with Crippen molar-refractivity contribution in [1.82, 2.24) is 10.3 Å². The van der Waals surface area contributed by atoms with Gasteiger partial charge in [-0.25, -0.2) is 13.8 Å². The Morgan fingerprint density at radius 1 is 1.17 bits per heavy atom. The molecule has 0 aliphatic carbocycles. The highest BCUT2D eigenvalue weighted by Gasteiger charge is 2.15. The van der Waals surface area contributed by atoms with Gasteiger partial charge in [0.15, 0.2) is 11.7 Å². The van der Waals surface area contributed by atoms with Crippen LogP contribution >= 0.6 is 0 Å². The Balaban J connectivity index is 1.61. The van der Waals surface area contributed by atoms with Gasteiger partial charge in [0.05, 0.1) is 23.0 Å². The largest absolute Gasteiger partial charge is 0.441 e. The molecule has 2 N–H and O–H groups in total. The van der Waals surface area contributed by atoms with E-state index in [0.29, 0.717) is 17.8 Å². The quantitative estimate of drug-likeness (QED) is 0.547. The average molecular weight is 411 g/mol. The lowest BCUT2D eigenvalue weighted by molar-refractivity contribution is -0.116. The summed E-state index contributed by atoms with van der Waals surface area (Å²) in [5, 5.41) is 5.35. The van der Waals surface area contributed by atoms with E-state index in [1.165, 1.54) is 12.3 Å². The van der Waals surface area contributed by atoms with Gasteiger partial charge in [0.25, 0.3) is 5.91 Å². The number of amides is 2. The molecule has 8 heteroatoms. The summed E-state index contributed by atoms with van der Waals surface area (Å²) >= 11 is 0. The van der Waals surface area contributed by atoms with Crippen molar-refractivity contribution in [3.8, 4) is 11.3 Å². The second-order valence-corrected chi connectivity index (χ2v) is 6.33. The van der Waals surface area contributed by atoms with E-state index < -0.39 is 11.6 Å². The van der Waals surface area contributed by atoms with Crippen molar-refractivity contribution in [2.75, 3.05) is 11.9 Å². The Hall–Kier alpha value is -3.81. The van der Waals surface area contributed by atoms with Crippen LogP contribution in [-0.2, 0) is 11.2 Å². The van der Waals surface area contributed by atoms with E-state index in [-0.39, 0.29) is 41.9 Å². The first-order valence-electron chi connectivity index (χ1n) is 9.16. The van der Waals surface area contributed by atoms with Gasteiger partial charge in [-0.2, -0.15) is 0 Å². The third-order valence-corrected chi connectivity index (χ3v) is 4.17. The lowest BCUT2D eigenvalue weighted by atomic mass is 10.1. The number of carbonyl (C=O) groups is 2. The zero-order valence-corrected chi connectivity index (χ0v) is 16.0. The molecule has 3 rings (SSSR count). The zero-order valence-electron chi connectivity index (χ0n) is 16.0. The summed E-state index contributed by atoms with van der Waals surface area (Å²) in [5.41, 5.74) is 0.794. The van der Waals surface area contributed by atoms with Crippen molar-refractivity contribution in [1.29, 1.82) is 0 Å². The van der Waals surface area contributed by atoms with Crippen molar-refractivity contribution >= 4 is 17.5 Å². The third kappa shape index (κ3) is 5.16. The summed E-state index contributed by atoms with van der Waals surface area (Å²) in [7, 11) is 0. The summed E-state index contributed by atoms with van der Waals surface area (Å²) in [6.07, 6.45) is 3.08. The van der Waals surface area contributed by atoms with Crippen molar-refractivity contribution in [2.45, 2.75) is 12.8 Å². The van der Waals surface area contributed by atoms with Crippen LogP contribution < -0.4 is 10.6 Å². The highest BCUT2D eigenvalue weighted by Crippen LogP contribution is 2.24. The molecule has 0 aliphatic heterocycles. The topological polar surface area (TPSA) is 84.2 Å².